The van der Waals surface area contributed by atoms with E-state index in [1.807, 2.05) is 12.2 Å². The second kappa shape index (κ2) is 4.87. The minimum absolute atomic E-state index is 0.105. The summed E-state index contributed by atoms with van der Waals surface area (Å²) in [5, 5.41) is 0.769. The summed E-state index contributed by atoms with van der Waals surface area (Å²) in [6.45, 7) is 1.77. The summed E-state index contributed by atoms with van der Waals surface area (Å²) < 4.78 is 0. The summed E-state index contributed by atoms with van der Waals surface area (Å²) in [6, 6.07) is 0. The highest BCUT2D eigenvalue weighted by Crippen LogP contribution is 2.33. The standard InChI is InChI=1S/C11H15BrO2/c1-11(7-2-3-8-12)9(13)5-4-6-10(11)14/h2-3H,4-8H2,1H3/b3-2-. The van der Waals surface area contributed by atoms with Crippen LogP contribution in [-0.4, -0.2) is 16.9 Å². The second-order valence-corrected chi connectivity index (χ2v) is 4.51. The van der Waals surface area contributed by atoms with E-state index in [2.05, 4.69) is 15.9 Å². The molecular weight excluding hydrogens is 244 g/mol. The lowest BCUT2D eigenvalue weighted by Crippen LogP contribution is -2.39. The fourth-order valence-electron chi connectivity index (χ4n) is 1.73. The van der Waals surface area contributed by atoms with Crippen molar-refractivity contribution in [1.82, 2.24) is 0 Å². The van der Waals surface area contributed by atoms with Gasteiger partial charge in [-0.05, 0) is 19.8 Å². The molecule has 1 saturated carbocycles. The zero-order valence-electron chi connectivity index (χ0n) is 8.38. The van der Waals surface area contributed by atoms with Gasteiger partial charge in [0, 0.05) is 18.2 Å². The van der Waals surface area contributed by atoms with Crippen molar-refractivity contribution in [3.05, 3.63) is 12.2 Å². The molecule has 78 valence electrons. The third-order valence-electron chi connectivity index (χ3n) is 2.82. The number of rotatable bonds is 3. The summed E-state index contributed by atoms with van der Waals surface area (Å²) in [6.07, 6.45) is 6.25. The summed E-state index contributed by atoms with van der Waals surface area (Å²) in [5.74, 6) is 0.209. The normalized spacial score (nSPS) is 21.9. The number of halogens is 1. The van der Waals surface area contributed by atoms with Gasteiger partial charge in [-0.2, -0.15) is 0 Å². The number of alkyl halides is 1. The monoisotopic (exact) mass is 258 g/mol. The summed E-state index contributed by atoms with van der Waals surface area (Å²) in [5.41, 5.74) is -0.739. The molecule has 1 aliphatic rings. The van der Waals surface area contributed by atoms with Gasteiger partial charge in [-0.25, -0.2) is 0 Å². The zero-order chi connectivity index (χ0) is 10.6. The SMILES string of the molecule is CC1(C/C=C\CBr)C(=O)CCCC1=O. The molecule has 0 atom stereocenters. The third-order valence-corrected chi connectivity index (χ3v) is 3.19. The first-order valence-corrected chi connectivity index (χ1v) is 6.01. The first-order chi connectivity index (χ1) is 6.61. The number of hydrogen-bond acceptors (Lipinski definition) is 2. The number of ketones is 2. The van der Waals surface area contributed by atoms with Gasteiger partial charge in [0.2, 0.25) is 0 Å². The van der Waals surface area contributed by atoms with Crippen LogP contribution in [0.1, 0.15) is 32.6 Å². The van der Waals surface area contributed by atoms with Crippen LogP contribution >= 0.6 is 15.9 Å². The molecule has 0 saturated heterocycles. The molecule has 0 aromatic carbocycles. The van der Waals surface area contributed by atoms with Crippen LogP contribution in [0.2, 0.25) is 0 Å². The highest BCUT2D eigenvalue weighted by atomic mass is 79.9. The summed E-state index contributed by atoms with van der Waals surface area (Å²) >= 11 is 3.27. The predicted octanol–water partition coefficient (Wildman–Crippen LogP) is 2.66. The van der Waals surface area contributed by atoms with Gasteiger partial charge < -0.3 is 0 Å². The Kier molecular flexibility index (Phi) is 4.05. The molecule has 0 aromatic heterocycles. The zero-order valence-corrected chi connectivity index (χ0v) is 9.97. The van der Waals surface area contributed by atoms with Crippen molar-refractivity contribution in [3.8, 4) is 0 Å². The van der Waals surface area contributed by atoms with E-state index in [9.17, 15) is 9.59 Å². The van der Waals surface area contributed by atoms with Crippen LogP contribution in [-0.2, 0) is 9.59 Å². The van der Waals surface area contributed by atoms with Gasteiger partial charge in [-0.15, -0.1) is 0 Å². The Morgan fingerprint density at radius 2 is 1.86 bits per heavy atom. The van der Waals surface area contributed by atoms with Crippen LogP contribution in [0.5, 0.6) is 0 Å². The largest absolute Gasteiger partial charge is 0.299 e. The van der Waals surface area contributed by atoms with Crippen molar-refractivity contribution >= 4 is 27.5 Å². The molecule has 1 aliphatic carbocycles. The topological polar surface area (TPSA) is 34.1 Å². The van der Waals surface area contributed by atoms with Crippen LogP contribution in [0.15, 0.2) is 12.2 Å². The Hall–Kier alpha value is -0.440. The average molecular weight is 259 g/mol. The minimum atomic E-state index is -0.739. The van der Waals surface area contributed by atoms with Crippen molar-refractivity contribution in [2.75, 3.05) is 5.33 Å². The molecule has 0 aliphatic heterocycles. The lowest BCUT2D eigenvalue weighted by Gasteiger charge is -2.29. The second-order valence-electron chi connectivity index (χ2n) is 3.86. The Morgan fingerprint density at radius 3 is 2.36 bits per heavy atom. The Bertz CT molecular complexity index is 252. The van der Waals surface area contributed by atoms with E-state index >= 15 is 0 Å². The molecule has 0 unspecified atom stereocenters. The number of carbonyl (C=O) groups is 2. The number of Topliss-reactive ketones (excluding diaryl/α,β-unsaturated/α-hetero) is 2. The van der Waals surface area contributed by atoms with Gasteiger partial charge in [-0.1, -0.05) is 28.1 Å². The first-order valence-electron chi connectivity index (χ1n) is 4.89. The maximum absolute atomic E-state index is 11.7. The number of hydrogen-bond donors (Lipinski definition) is 0. The van der Waals surface area contributed by atoms with Crippen LogP contribution in [0.25, 0.3) is 0 Å². The van der Waals surface area contributed by atoms with Crippen LogP contribution in [0.3, 0.4) is 0 Å². The molecule has 2 nitrogen and oxygen atoms in total. The molecule has 0 heterocycles. The fourth-order valence-corrected chi connectivity index (χ4v) is 1.99. The molecule has 3 heteroatoms. The van der Waals surface area contributed by atoms with Crippen molar-refractivity contribution < 1.29 is 9.59 Å². The fraction of sp³-hybridized carbons (Fsp3) is 0.636. The number of carbonyl (C=O) groups excluding carboxylic acids is 2. The van der Waals surface area contributed by atoms with E-state index < -0.39 is 5.41 Å². The molecule has 14 heavy (non-hydrogen) atoms. The van der Waals surface area contributed by atoms with E-state index in [1.165, 1.54) is 0 Å². The van der Waals surface area contributed by atoms with E-state index in [-0.39, 0.29) is 11.6 Å². The van der Waals surface area contributed by atoms with Gasteiger partial charge in [0.05, 0.1) is 5.41 Å². The molecule has 0 N–H and O–H groups in total. The smallest absolute Gasteiger partial charge is 0.146 e. The highest BCUT2D eigenvalue weighted by molar-refractivity contribution is 9.09. The summed E-state index contributed by atoms with van der Waals surface area (Å²) in [4.78, 5) is 23.3. The van der Waals surface area contributed by atoms with Gasteiger partial charge in [0.25, 0.3) is 0 Å². The molecule has 0 spiro atoms. The van der Waals surface area contributed by atoms with Gasteiger partial charge >= 0.3 is 0 Å². The lowest BCUT2D eigenvalue weighted by molar-refractivity contribution is -0.142. The first kappa shape index (κ1) is 11.6. The third kappa shape index (κ3) is 2.32. The van der Waals surface area contributed by atoms with E-state index in [1.54, 1.807) is 6.92 Å². The molecular formula is C11H15BrO2. The lowest BCUT2D eigenvalue weighted by atomic mass is 9.71. The maximum atomic E-state index is 11.7. The quantitative estimate of drug-likeness (QED) is 0.443. The van der Waals surface area contributed by atoms with E-state index in [0.29, 0.717) is 19.3 Å². The Balaban J connectivity index is 2.72. The van der Waals surface area contributed by atoms with Crippen LogP contribution in [0.4, 0.5) is 0 Å². The minimum Gasteiger partial charge on any atom is -0.299 e. The number of allylic oxidation sites excluding steroid dienone is 2. The Morgan fingerprint density at radius 1 is 1.29 bits per heavy atom. The van der Waals surface area contributed by atoms with Gasteiger partial charge in [0.1, 0.15) is 11.6 Å². The molecule has 0 aromatic rings. The van der Waals surface area contributed by atoms with Crippen molar-refractivity contribution in [2.24, 2.45) is 5.41 Å². The maximum Gasteiger partial charge on any atom is 0.146 e. The molecule has 0 radical (unpaired) electrons. The van der Waals surface area contributed by atoms with Crippen LogP contribution < -0.4 is 0 Å². The highest BCUT2D eigenvalue weighted by Gasteiger charge is 2.41. The molecule has 1 rings (SSSR count). The van der Waals surface area contributed by atoms with Gasteiger partial charge in [0.15, 0.2) is 0 Å². The average Bonchev–Trinajstić information content (AvgIpc) is 2.15. The van der Waals surface area contributed by atoms with Crippen molar-refractivity contribution in [3.63, 3.8) is 0 Å². The summed E-state index contributed by atoms with van der Waals surface area (Å²) in [7, 11) is 0. The predicted molar refractivity (Wildman–Crippen MR) is 59.5 cm³/mol. The van der Waals surface area contributed by atoms with E-state index in [0.717, 1.165) is 11.8 Å². The Labute approximate surface area is 92.9 Å². The molecule has 1 fully saturated rings. The molecule has 0 amide bonds. The van der Waals surface area contributed by atoms with Crippen LogP contribution in [0, 0.1) is 5.41 Å². The van der Waals surface area contributed by atoms with Crippen molar-refractivity contribution in [1.29, 1.82) is 0 Å². The van der Waals surface area contributed by atoms with Crippen molar-refractivity contribution in [2.45, 2.75) is 32.6 Å². The molecule has 0 bridgehead atoms. The van der Waals surface area contributed by atoms with E-state index in [4.69, 9.17) is 0 Å². The van der Waals surface area contributed by atoms with Gasteiger partial charge in [-0.3, -0.25) is 9.59 Å².